The maximum Gasteiger partial charge on any atom is 0.322 e. The molecule has 17 heavy (non-hydrogen) atoms. The lowest BCUT2D eigenvalue weighted by Crippen LogP contribution is -2.30. The van der Waals surface area contributed by atoms with Crippen LogP contribution in [0.3, 0.4) is 0 Å². The van der Waals surface area contributed by atoms with Crippen molar-refractivity contribution < 1.29 is 14.6 Å². The van der Waals surface area contributed by atoms with Crippen molar-refractivity contribution in [2.45, 2.75) is 30.7 Å². The van der Waals surface area contributed by atoms with Gasteiger partial charge in [0.1, 0.15) is 4.83 Å². The standard InChI is InChI=1S/C13H17BrO3/c1-2-17-13(16)12(14)11(15)9-8-10-6-4-3-5-7-10/h3-7,11-12,15H,2,8-9H2,1H3/t11-,12-/m1/s1. The molecule has 0 aromatic heterocycles. The largest absolute Gasteiger partial charge is 0.465 e. The summed E-state index contributed by atoms with van der Waals surface area (Å²) in [7, 11) is 0. The Morgan fingerprint density at radius 2 is 2.06 bits per heavy atom. The van der Waals surface area contributed by atoms with E-state index in [0.29, 0.717) is 13.0 Å². The van der Waals surface area contributed by atoms with Crippen molar-refractivity contribution in [1.29, 1.82) is 0 Å². The lowest BCUT2D eigenvalue weighted by Gasteiger charge is -2.15. The molecule has 0 fully saturated rings. The number of aliphatic hydroxyl groups excluding tert-OH is 1. The van der Waals surface area contributed by atoms with Crippen molar-refractivity contribution in [3.63, 3.8) is 0 Å². The Balaban J connectivity index is 2.39. The van der Waals surface area contributed by atoms with E-state index in [-0.39, 0.29) is 0 Å². The number of benzene rings is 1. The second-order valence-electron chi connectivity index (χ2n) is 3.75. The summed E-state index contributed by atoms with van der Waals surface area (Å²) in [6, 6.07) is 9.86. The number of aliphatic hydroxyl groups is 1. The van der Waals surface area contributed by atoms with Crippen LogP contribution in [0.2, 0.25) is 0 Å². The predicted octanol–water partition coefficient (Wildman–Crippen LogP) is 2.31. The first kappa shape index (κ1) is 14.2. The van der Waals surface area contributed by atoms with Gasteiger partial charge in [-0.2, -0.15) is 0 Å². The number of halogens is 1. The maximum atomic E-state index is 11.4. The fourth-order valence-corrected chi connectivity index (χ4v) is 1.88. The predicted molar refractivity (Wildman–Crippen MR) is 70.1 cm³/mol. The molecule has 0 saturated carbocycles. The number of carbonyl (C=O) groups is 1. The summed E-state index contributed by atoms with van der Waals surface area (Å²) in [6.07, 6.45) is 0.539. The van der Waals surface area contributed by atoms with Crippen LogP contribution in [-0.4, -0.2) is 28.6 Å². The van der Waals surface area contributed by atoms with E-state index in [9.17, 15) is 9.90 Å². The van der Waals surface area contributed by atoms with Crippen molar-refractivity contribution in [1.82, 2.24) is 0 Å². The summed E-state index contributed by atoms with van der Waals surface area (Å²) in [5.41, 5.74) is 1.15. The minimum atomic E-state index is -0.728. The van der Waals surface area contributed by atoms with E-state index in [1.54, 1.807) is 6.92 Å². The first-order chi connectivity index (χ1) is 8.15. The number of esters is 1. The molecule has 0 bridgehead atoms. The summed E-state index contributed by atoms with van der Waals surface area (Å²) >= 11 is 3.16. The molecule has 0 saturated heterocycles. The normalized spacial score (nSPS) is 14.1. The lowest BCUT2D eigenvalue weighted by molar-refractivity contribution is -0.144. The molecule has 0 heterocycles. The molecule has 0 amide bonds. The first-order valence-corrected chi connectivity index (χ1v) is 6.59. The Morgan fingerprint density at radius 1 is 1.41 bits per heavy atom. The van der Waals surface area contributed by atoms with Crippen LogP contribution in [0.25, 0.3) is 0 Å². The topological polar surface area (TPSA) is 46.5 Å². The Kier molecular flexibility index (Phi) is 6.22. The highest BCUT2D eigenvalue weighted by Crippen LogP contribution is 2.14. The average molecular weight is 301 g/mol. The van der Waals surface area contributed by atoms with E-state index >= 15 is 0 Å². The molecule has 1 aromatic rings. The van der Waals surface area contributed by atoms with Gasteiger partial charge in [-0.1, -0.05) is 46.3 Å². The molecule has 0 radical (unpaired) electrons. The zero-order valence-electron chi connectivity index (χ0n) is 9.80. The summed E-state index contributed by atoms with van der Waals surface area (Å²) in [6.45, 7) is 2.07. The van der Waals surface area contributed by atoms with Gasteiger partial charge in [-0.05, 0) is 25.3 Å². The van der Waals surface area contributed by atoms with Crippen molar-refractivity contribution >= 4 is 21.9 Å². The van der Waals surface area contributed by atoms with E-state index in [1.807, 2.05) is 30.3 Å². The Hall–Kier alpha value is -0.870. The van der Waals surface area contributed by atoms with Gasteiger partial charge in [0.05, 0.1) is 12.7 Å². The number of hydrogen-bond acceptors (Lipinski definition) is 3. The van der Waals surface area contributed by atoms with Crippen LogP contribution in [0.1, 0.15) is 18.9 Å². The molecule has 1 N–H and O–H groups in total. The van der Waals surface area contributed by atoms with Gasteiger partial charge in [-0.25, -0.2) is 0 Å². The third-order valence-corrected chi connectivity index (χ3v) is 3.41. The molecule has 4 heteroatoms. The number of hydrogen-bond donors (Lipinski definition) is 1. The maximum absolute atomic E-state index is 11.4. The first-order valence-electron chi connectivity index (χ1n) is 5.67. The fourth-order valence-electron chi connectivity index (χ4n) is 1.48. The lowest BCUT2D eigenvalue weighted by atomic mass is 10.1. The minimum absolute atomic E-state index is 0.326. The van der Waals surface area contributed by atoms with Gasteiger partial charge >= 0.3 is 5.97 Å². The molecule has 0 unspecified atom stereocenters. The van der Waals surface area contributed by atoms with Gasteiger partial charge in [-0.15, -0.1) is 0 Å². The van der Waals surface area contributed by atoms with Gasteiger partial charge in [0.15, 0.2) is 0 Å². The van der Waals surface area contributed by atoms with Crippen LogP contribution in [0.4, 0.5) is 0 Å². The highest BCUT2D eigenvalue weighted by Gasteiger charge is 2.24. The summed E-state index contributed by atoms with van der Waals surface area (Å²) in [5, 5.41) is 9.83. The SMILES string of the molecule is CCOC(=O)[C@H](Br)[C@H](O)CCc1ccccc1. The van der Waals surface area contributed by atoms with Gasteiger partial charge in [-0.3, -0.25) is 4.79 Å². The van der Waals surface area contributed by atoms with Gasteiger partial charge in [0.25, 0.3) is 0 Å². The van der Waals surface area contributed by atoms with Crippen molar-refractivity contribution in [2.24, 2.45) is 0 Å². The van der Waals surface area contributed by atoms with Crippen LogP contribution in [-0.2, 0) is 16.0 Å². The fraction of sp³-hybridized carbons (Fsp3) is 0.462. The van der Waals surface area contributed by atoms with Crippen LogP contribution in [0, 0.1) is 0 Å². The minimum Gasteiger partial charge on any atom is -0.465 e. The highest BCUT2D eigenvalue weighted by molar-refractivity contribution is 9.10. The molecule has 1 rings (SSSR count). The van der Waals surface area contributed by atoms with Crippen molar-refractivity contribution in [3.8, 4) is 0 Å². The number of rotatable bonds is 6. The molecule has 1 aromatic carbocycles. The Labute approximate surface area is 110 Å². The molecular formula is C13H17BrO3. The van der Waals surface area contributed by atoms with E-state index in [2.05, 4.69) is 15.9 Å². The number of aryl methyl sites for hydroxylation is 1. The molecule has 3 nitrogen and oxygen atoms in total. The second-order valence-corrected chi connectivity index (χ2v) is 4.73. The van der Waals surface area contributed by atoms with Crippen LogP contribution < -0.4 is 0 Å². The van der Waals surface area contributed by atoms with Crippen LogP contribution in [0.5, 0.6) is 0 Å². The molecule has 0 spiro atoms. The van der Waals surface area contributed by atoms with Crippen LogP contribution >= 0.6 is 15.9 Å². The highest BCUT2D eigenvalue weighted by atomic mass is 79.9. The monoisotopic (exact) mass is 300 g/mol. The molecule has 0 aliphatic heterocycles. The Morgan fingerprint density at radius 3 is 2.65 bits per heavy atom. The summed E-state index contributed by atoms with van der Waals surface area (Å²) in [5.74, 6) is -0.409. The average Bonchev–Trinajstić information content (AvgIpc) is 2.36. The summed E-state index contributed by atoms with van der Waals surface area (Å²) in [4.78, 5) is 10.7. The van der Waals surface area contributed by atoms with E-state index in [1.165, 1.54) is 0 Å². The van der Waals surface area contributed by atoms with E-state index in [0.717, 1.165) is 12.0 Å². The number of ether oxygens (including phenoxy) is 1. The Bertz CT molecular complexity index is 340. The molecule has 2 atom stereocenters. The number of alkyl halides is 1. The van der Waals surface area contributed by atoms with Crippen molar-refractivity contribution in [3.05, 3.63) is 35.9 Å². The molecule has 0 aliphatic rings. The van der Waals surface area contributed by atoms with Gasteiger partial charge in [0.2, 0.25) is 0 Å². The van der Waals surface area contributed by atoms with E-state index in [4.69, 9.17) is 4.74 Å². The zero-order valence-corrected chi connectivity index (χ0v) is 11.4. The quantitative estimate of drug-likeness (QED) is 0.648. The molecule has 94 valence electrons. The third kappa shape index (κ3) is 4.88. The number of carbonyl (C=O) groups excluding carboxylic acids is 1. The smallest absolute Gasteiger partial charge is 0.322 e. The second kappa shape index (κ2) is 7.45. The molecular weight excluding hydrogens is 284 g/mol. The van der Waals surface area contributed by atoms with Gasteiger partial charge < -0.3 is 9.84 Å². The van der Waals surface area contributed by atoms with Crippen molar-refractivity contribution in [2.75, 3.05) is 6.61 Å². The third-order valence-electron chi connectivity index (χ3n) is 2.42. The van der Waals surface area contributed by atoms with E-state index < -0.39 is 16.9 Å². The summed E-state index contributed by atoms with van der Waals surface area (Å²) < 4.78 is 4.83. The molecule has 0 aliphatic carbocycles. The zero-order chi connectivity index (χ0) is 12.7. The van der Waals surface area contributed by atoms with Gasteiger partial charge in [0, 0.05) is 0 Å². The van der Waals surface area contributed by atoms with Crippen LogP contribution in [0.15, 0.2) is 30.3 Å².